The quantitative estimate of drug-likeness (QED) is 0.162. The molecule has 7 aromatic carbocycles. The van der Waals surface area contributed by atoms with Gasteiger partial charge in [0.25, 0.3) is 0 Å². The minimum Gasteiger partial charge on any atom is -0.208 e. The molecule has 0 fully saturated rings. The van der Waals surface area contributed by atoms with Crippen molar-refractivity contribution in [3.8, 4) is 78.7 Å². The number of hydrogen-bond donors (Lipinski definition) is 0. The van der Waals surface area contributed by atoms with E-state index in [0.29, 0.717) is 23.4 Å². The zero-order valence-electron chi connectivity index (χ0n) is 29.1. The first-order valence-corrected chi connectivity index (χ1v) is 18.1. The van der Waals surface area contributed by atoms with Gasteiger partial charge in [-0.25, -0.2) is 15.0 Å². The summed E-state index contributed by atoms with van der Waals surface area (Å²) in [5, 5.41) is 0. The summed E-state index contributed by atoms with van der Waals surface area (Å²) >= 11 is 0. The predicted octanol–water partition coefficient (Wildman–Crippen LogP) is 12.8. The molecule has 0 saturated heterocycles. The van der Waals surface area contributed by atoms with Crippen molar-refractivity contribution >= 4 is 0 Å². The Morgan fingerprint density at radius 3 is 1.37 bits per heavy atom. The van der Waals surface area contributed by atoms with E-state index in [1.54, 1.807) is 0 Å². The Hall–Kier alpha value is -6.45. The second-order valence-electron chi connectivity index (χ2n) is 13.5. The fraction of sp³-hybridized carbons (Fsp3) is 0.0816. The lowest BCUT2D eigenvalue weighted by Gasteiger charge is -2.15. The summed E-state index contributed by atoms with van der Waals surface area (Å²) in [4.78, 5) is 15.2. The van der Waals surface area contributed by atoms with Crippen LogP contribution in [-0.2, 0) is 0 Å². The van der Waals surface area contributed by atoms with E-state index in [0.717, 1.165) is 46.2 Å². The van der Waals surface area contributed by atoms with Crippen LogP contribution < -0.4 is 0 Å². The molecule has 0 N–H and O–H groups in total. The molecular weight excluding hydrogens is 631 g/mol. The highest BCUT2D eigenvalue weighted by Crippen LogP contribution is 2.48. The third-order valence-corrected chi connectivity index (χ3v) is 10.2. The summed E-state index contributed by atoms with van der Waals surface area (Å²) in [6.07, 6.45) is 2.26. The van der Waals surface area contributed by atoms with E-state index in [-0.39, 0.29) is 0 Å². The molecular formula is C49H37N3. The molecule has 0 saturated carbocycles. The number of benzene rings is 7. The largest absolute Gasteiger partial charge is 0.208 e. The molecule has 3 heteroatoms. The molecule has 0 radical (unpaired) electrons. The monoisotopic (exact) mass is 667 g/mol. The van der Waals surface area contributed by atoms with E-state index in [4.69, 9.17) is 15.0 Å². The van der Waals surface area contributed by atoms with Crippen LogP contribution >= 0.6 is 0 Å². The van der Waals surface area contributed by atoms with Crippen LogP contribution in [0.3, 0.4) is 0 Å². The smallest absolute Gasteiger partial charge is 0.164 e. The molecule has 1 atom stereocenters. The van der Waals surface area contributed by atoms with Crippen molar-refractivity contribution < 1.29 is 0 Å². The van der Waals surface area contributed by atoms with Crippen molar-refractivity contribution in [2.75, 3.05) is 0 Å². The van der Waals surface area contributed by atoms with Crippen molar-refractivity contribution in [3.05, 3.63) is 187 Å². The molecule has 52 heavy (non-hydrogen) atoms. The van der Waals surface area contributed by atoms with Crippen molar-refractivity contribution in [1.29, 1.82) is 0 Å². The number of hydrogen-bond acceptors (Lipinski definition) is 3. The van der Waals surface area contributed by atoms with Crippen LogP contribution in [-0.4, -0.2) is 15.0 Å². The number of nitrogens with zero attached hydrogens (tertiary/aromatic N) is 3. The Kier molecular flexibility index (Phi) is 8.30. The van der Waals surface area contributed by atoms with Gasteiger partial charge in [-0.3, -0.25) is 0 Å². The zero-order valence-corrected chi connectivity index (χ0v) is 29.1. The van der Waals surface area contributed by atoms with Gasteiger partial charge < -0.3 is 0 Å². The summed E-state index contributed by atoms with van der Waals surface area (Å²) < 4.78 is 0. The number of fused-ring (bicyclic) bond motifs is 3. The molecule has 1 heterocycles. The maximum Gasteiger partial charge on any atom is 0.164 e. The van der Waals surface area contributed by atoms with Crippen LogP contribution in [0.4, 0.5) is 0 Å². The van der Waals surface area contributed by atoms with Gasteiger partial charge in [-0.2, -0.15) is 0 Å². The van der Waals surface area contributed by atoms with Gasteiger partial charge in [0.05, 0.1) is 0 Å². The Labute approximate surface area is 305 Å². The first kappa shape index (κ1) is 31.5. The Morgan fingerprint density at radius 2 is 0.769 bits per heavy atom. The van der Waals surface area contributed by atoms with E-state index >= 15 is 0 Å². The predicted molar refractivity (Wildman–Crippen MR) is 215 cm³/mol. The van der Waals surface area contributed by atoms with Gasteiger partial charge in [-0.1, -0.05) is 165 Å². The van der Waals surface area contributed by atoms with Gasteiger partial charge in [-0.05, 0) is 86.3 Å². The van der Waals surface area contributed by atoms with Gasteiger partial charge in [0, 0.05) is 22.6 Å². The third-order valence-electron chi connectivity index (χ3n) is 10.2. The van der Waals surface area contributed by atoms with Crippen LogP contribution in [0.15, 0.2) is 176 Å². The molecule has 0 spiro atoms. The van der Waals surface area contributed by atoms with Gasteiger partial charge in [0.1, 0.15) is 0 Å². The number of rotatable bonds is 8. The van der Waals surface area contributed by atoms with E-state index in [1.807, 2.05) is 36.4 Å². The normalized spacial score (nSPS) is 13.1. The van der Waals surface area contributed by atoms with E-state index in [2.05, 4.69) is 146 Å². The highest BCUT2D eigenvalue weighted by Gasteiger charge is 2.28. The second-order valence-corrected chi connectivity index (χ2v) is 13.5. The van der Waals surface area contributed by atoms with Gasteiger partial charge >= 0.3 is 0 Å². The van der Waals surface area contributed by atoms with Crippen LogP contribution in [0, 0.1) is 0 Å². The molecule has 3 nitrogen and oxygen atoms in total. The molecule has 8 aromatic rings. The van der Waals surface area contributed by atoms with Crippen molar-refractivity contribution in [2.24, 2.45) is 0 Å². The molecule has 0 amide bonds. The van der Waals surface area contributed by atoms with E-state index in [9.17, 15) is 0 Å². The third kappa shape index (κ3) is 6.01. The summed E-state index contributed by atoms with van der Waals surface area (Å²) in [6.45, 7) is 2.28. The highest BCUT2D eigenvalue weighted by molar-refractivity contribution is 5.85. The Balaban J connectivity index is 1.22. The minimum absolute atomic E-state index is 0.398. The topological polar surface area (TPSA) is 38.7 Å². The SMILES string of the molecule is CCCC1c2ccccc2-c2ccc(-c3cc(-c4ccc(-c5ccccc5)cc4)cc(-c4nc(-c5ccccc5)nc(-c5ccccc5)n4)c3)cc21. The molecule has 1 aromatic heterocycles. The first-order chi connectivity index (χ1) is 25.7. The molecule has 0 bridgehead atoms. The first-order valence-electron chi connectivity index (χ1n) is 18.1. The summed E-state index contributed by atoms with van der Waals surface area (Å²) in [5.41, 5.74) is 15.4. The van der Waals surface area contributed by atoms with Crippen molar-refractivity contribution in [2.45, 2.75) is 25.7 Å². The fourth-order valence-electron chi connectivity index (χ4n) is 7.60. The summed E-state index contributed by atoms with van der Waals surface area (Å²) in [7, 11) is 0. The number of aromatic nitrogens is 3. The molecule has 9 rings (SSSR count). The standard InChI is InChI=1S/C49H37N3/c1-2-14-42-43-21-12-13-22-44(43)45-28-27-38(32-46(42)45)40-29-39(35-25-23-34(24-26-35)33-15-6-3-7-16-33)30-41(31-40)49-51-47(36-17-8-4-9-18-36)50-48(52-49)37-19-10-5-11-20-37/h3-13,15-32,42H,2,14H2,1H3. The van der Waals surface area contributed by atoms with Gasteiger partial charge in [-0.15, -0.1) is 0 Å². The molecule has 0 aliphatic heterocycles. The van der Waals surface area contributed by atoms with E-state index in [1.165, 1.54) is 38.9 Å². The van der Waals surface area contributed by atoms with Gasteiger partial charge in [0.15, 0.2) is 17.5 Å². The molecule has 248 valence electrons. The molecule has 1 unspecified atom stereocenters. The summed E-state index contributed by atoms with van der Waals surface area (Å²) in [6, 6.07) is 62.5. The average molecular weight is 668 g/mol. The lowest BCUT2D eigenvalue weighted by atomic mass is 9.89. The minimum atomic E-state index is 0.398. The van der Waals surface area contributed by atoms with Crippen molar-refractivity contribution in [3.63, 3.8) is 0 Å². The molecule has 1 aliphatic carbocycles. The van der Waals surface area contributed by atoms with E-state index < -0.39 is 0 Å². The second kappa shape index (κ2) is 13.7. The van der Waals surface area contributed by atoms with Crippen molar-refractivity contribution in [1.82, 2.24) is 15.0 Å². The van der Waals surface area contributed by atoms with Gasteiger partial charge in [0.2, 0.25) is 0 Å². The summed E-state index contributed by atoms with van der Waals surface area (Å²) in [5.74, 6) is 2.35. The van der Waals surface area contributed by atoms with Crippen LogP contribution in [0.1, 0.15) is 36.8 Å². The maximum atomic E-state index is 5.12. The lowest BCUT2D eigenvalue weighted by Crippen LogP contribution is -2.00. The van der Waals surface area contributed by atoms with Crippen LogP contribution in [0.2, 0.25) is 0 Å². The zero-order chi connectivity index (χ0) is 34.9. The van der Waals surface area contributed by atoms with Crippen LogP contribution in [0.25, 0.3) is 78.7 Å². The Bertz CT molecular complexity index is 2450. The molecule has 1 aliphatic rings. The van der Waals surface area contributed by atoms with Crippen LogP contribution in [0.5, 0.6) is 0 Å². The Morgan fingerprint density at radius 1 is 0.346 bits per heavy atom. The fourth-order valence-corrected chi connectivity index (χ4v) is 7.60. The highest BCUT2D eigenvalue weighted by atomic mass is 15.0. The lowest BCUT2D eigenvalue weighted by molar-refractivity contribution is 0.711. The average Bonchev–Trinajstić information content (AvgIpc) is 3.54. The maximum absolute atomic E-state index is 5.12.